The Morgan fingerprint density at radius 2 is 1.93 bits per heavy atom. The van der Waals surface area contributed by atoms with Gasteiger partial charge in [0.2, 0.25) is 11.8 Å². The quantitative estimate of drug-likeness (QED) is 0.468. The molecule has 3 N–H and O–H groups in total. The average molecular weight is 627 g/mol. The average Bonchev–Trinajstić information content (AvgIpc) is 3.21. The number of rotatable bonds is 5. The fraction of sp³-hybridized carbons (Fsp3) is 0.467. The number of hydrogen-bond acceptors (Lipinski definition) is 5. The molecule has 3 saturated heterocycles. The lowest BCUT2D eigenvalue weighted by atomic mass is 9.70. The number of fused-ring (bicyclic) bond motifs is 6. The van der Waals surface area contributed by atoms with Crippen molar-refractivity contribution in [1.29, 1.82) is 5.26 Å². The summed E-state index contributed by atoms with van der Waals surface area (Å²) >= 11 is 3.41. The molecule has 0 aromatic heterocycles. The van der Waals surface area contributed by atoms with E-state index in [9.17, 15) is 24.8 Å². The molecule has 2 bridgehead atoms. The maximum atomic E-state index is 15.3. The predicted molar refractivity (Wildman–Crippen MR) is 147 cm³/mol. The van der Waals surface area contributed by atoms with E-state index in [4.69, 9.17) is 0 Å². The molecule has 41 heavy (non-hydrogen) atoms. The normalized spacial score (nSPS) is 30.0. The first-order valence-electron chi connectivity index (χ1n) is 13.9. The van der Waals surface area contributed by atoms with E-state index < -0.39 is 59.7 Å². The van der Waals surface area contributed by atoms with Gasteiger partial charge in [-0.3, -0.25) is 14.4 Å². The first-order chi connectivity index (χ1) is 19.6. The van der Waals surface area contributed by atoms with Crippen LogP contribution in [0.25, 0.3) is 11.1 Å². The minimum Gasteiger partial charge on any atom is -0.372 e. The first kappa shape index (κ1) is 27.8. The minimum absolute atomic E-state index is 0.0267. The topological polar surface area (TPSA) is 123 Å². The zero-order valence-corrected chi connectivity index (χ0v) is 23.7. The molecule has 4 fully saturated rings. The van der Waals surface area contributed by atoms with Gasteiger partial charge in [-0.05, 0) is 55.4 Å². The smallest absolute Gasteiger partial charge is 0.264 e. The van der Waals surface area contributed by atoms with Crippen LogP contribution in [0.15, 0.2) is 46.9 Å². The van der Waals surface area contributed by atoms with Gasteiger partial charge in [-0.2, -0.15) is 5.26 Å². The van der Waals surface area contributed by atoms with Crippen molar-refractivity contribution >= 4 is 33.7 Å². The number of nitrogens with zero attached hydrogens (tertiary/aromatic N) is 2. The molecule has 3 amide bonds. The second-order valence-corrected chi connectivity index (χ2v) is 12.4. The van der Waals surface area contributed by atoms with Gasteiger partial charge >= 0.3 is 0 Å². The molecule has 2 aromatic carbocycles. The van der Waals surface area contributed by atoms with Crippen molar-refractivity contribution in [3.63, 3.8) is 0 Å². The van der Waals surface area contributed by atoms with Crippen LogP contribution in [0.3, 0.4) is 0 Å². The molecule has 0 unspecified atom stereocenters. The second-order valence-electron chi connectivity index (χ2n) is 11.5. The van der Waals surface area contributed by atoms with Crippen molar-refractivity contribution in [3.05, 3.63) is 58.1 Å². The van der Waals surface area contributed by atoms with Crippen LogP contribution in [0.1, 0.15) is 49.7 Å². The van der Waals surface area contributed by atoms with E-state index in [1.807, 2.05) is 6.07 Å². The SMILES string of the molecule is N#C[C@@H](C[C@H]1CCCNC1=O)NC(=O)[C@H]1[C@@H]2CC[C@@H](CC2(F)F)N1C(=O)[C@@]1(O)c2ccccc2-c2ccc(Br)cc21. The van der Waals surface area contributed by atoms with E-state index in [1.165, 1.54) is 0 Å². The Morgan fingerprint density at radius 3 is 2.66 bits per heavy atom. The fourth-order valence-corrected chi connectivity index (χ4v) is 7.55. The maximum Gasteiger partial charge on any atom is 0.264 e. The lowest BCUT2D eigenvalue weighted by Crippen LogP contribution is -2.70. The van der Waals surface area contributed by atoms with Crippen molar-refractivity contribution in [2.24, 2.45) is 11.8 Å². The van der Waals surface area contributed by atoms with Crippen LogP contribution < -0.4 is 10.6 Å². The summed E-state index contributed by atoms with van der Waals surface area (Å²) < 4.78 is 31.2. The highest BCUT2D eigenvalue weighted by Gasteiger charge is 2.63. The van der Waals surface area contributed by atoms with Gasteiger partial charge in [-0.15, -0.1) is 0 Å². The maximum absolute atomic E-state index is 15.3. The van der Waals surface area contributed by atoms with Crippen LogP contribution in [0.5, 0.6) is 0 Å². The van der Waals surface area contributed by atoms with E-state index in [-0.39, 0.29) is 25.2 Å². The van der Waals surface area contributed by atoms with Crippen LogP contribution in [0.4, 0.5) is 8.78 Å². The minimum atomic E-state index is -3.20. The number of nitriles is 1. The van der Waals surface area contributed by atoms with E-state index in [2.05, 4.69) is 26.6 Å². The number of halogens is 3. The molecule has 0 radical (unpaired) electrons. The summed E-state index contributed by atoms with van der Waals surface area (Å²) in [5.41, 5.74) is -0.277. The van der Waals surface area contributed by atoms with Gasteiger partial charge in [0.25, 0.3) is 11.8 Å². The van der Waals surface area contributed by atoms with Crippen molar-refractivity contribution in [2.75, 3.05) is 6.54 Å². The van der Waals surface area contributed by atoms with Crippen LogP contribution in [0, 0.1) is 23.2 Å². The van der Waals surface area contributed by atoms with Gasteiger partial charge in [0.05, 0.1) is 12.0 Å². The largest absolute Gasteiger partial charge is 0.372 e. The monoisotopic (exact) mass is 626 g/mol. The highest BCUT2D eigenvalue weighted by atomic mass is 79.9. The third kappa shape index (κ3) is 4.43. The first-order valence-corrected chi connectivity index (χ1v) is 14.7. The molecule has 5 aliphatic rings. The number of benzene rings is 2. The third-order valence-corrected chi connectivity index (χ3v) is 9.61. The Balaban J connectivity index is 1.36. The molecule has 214 valence electrons. The Hall–Kier alpha value is -3.36. The van der Waals surface area contributed by atoms with Crippen molar-refractivity contribution in [2.45, 2.75) is 68.2 Å². The van der Waals surface area contributed by atoms with Crippen molar-refractivity contribution in [3.8, 4) is 17.2 Å². The predicted octanol–water partition coefficient (Wildman–Crippen LogP) is 3.60. The Bertz CT molecular complexity index is 1480. The number of amides is 3. The number of hydrogen-bond donors (Lipinski definition) is 3. The van der Waals surface area contributed by atoms with Crippen LogP contribution in [-0.4, -0.2) is 58.3 Å². The molecule has 0 spiro atoms. The van der Waals surface area contributed by atoms with Gasteiger partial charge in [0.1, 0.15) is 12.1 Å². The summed E-state index contributed by atoms with van der Waals surface area (Å²) in [5, 5.41) is 27.3. The summed E-state index contributed by atoms with van der Waals surface area (Å²) in [6.45, 7) is 0.544. The molecular formula is C30H29BrF2N4O4. The van der Waals surface area contributed by atoms with Gasteiger partial charge in [0.15, 0.2) is 5.60 Å². The summed E-state index contributed by atoms with van der Waals surface area (Å²) in [5.74, 6) is -7.09. The lowest BCUT2D eigenvalue weighted by Gasteiger charge is -2.54. The van der Waals surface area contributed by atoms with Gasteiger partial charge < -0.3 is 20.6 Å². The number of aliphatic hydroxyl groups is 1. The molecule has 3 heterocycles. The number of carbonyl (C=O) groups is 3. The highest BCUT2D eigenvalue weighted by molar-refractivity contribution is 9.10. The molecule has 2 aromatic rings. The Labute approximate surface area is 244 Å². The number of alkyl halides is 2. The zero-order valence-electron chi connectivity index (χ0n) is 22.1. The van der Waals surface area contributed by atoms with Gasteiger partial charge in [0, 0.05) is 40.5 Å². The Kier molecular flexibility index (Phi) is 6.90. The molecule has 2 aliphatic carbocycles. The molecule has 11 heteroatoms. The summed E-state index contributed by atoms with van der Waals surface area (Å²) in [6, 6.07) is 10.4. The summed E-state index contributed by atoms with van der Waals surface area (Å²) in [4.78, 5) is 41.7. The second kappa shape index (κ2) is 10.2. The summed E-state index contributed by atoms with van der Waals surface area (Å²) in [7, 11) is 0. The molecule has 1 saturated carbocycles. The zero-order chi connectivity index (χ0) is 29.1. The van der Waals surface area contributed by atoms with Gasteiger partial charge in [-0.25, -0.2) is 8.78 Å². The van der Waals surface area contributed by atoms with E-state index in [0.29, 0.717) is 39.7 Å². The summed E-state index contributed by atoms with van der Waals surface area (Å²) in [6.07, 6.45) is 1.01. The number of carbonyl (C=O) groups excluding carboxylic acids is 3. The third-order valence-electron chi connectivity index (χ3n) is 9.12. The van der Waals surface area contributed by atoms with Crippen molar-refractivity contribution in [1.82, 2.24) is 15.5 Å². The highest BCUT2D eigenvalue weighted by Crippen LogP contribution is 2.54. The molecule has 7 rings (SSSR count). The number of nitrogens with one attached hydrogen (secondary N) is 2. The van der Waals surface area contributed by atoms with Crippen molar-refractivity contribution < 1.29 is 28.3 Å². The van der Waals surface area contributed by atoms with Crippen LogP contribution in [-0.2, 0) is 20.0 Å². The molecule has 3 aliphatic heterocycles. The Morgan fingerprint density at radius 1 is 1.17 bits per heavy atom. The molecule has 6 atom stereocenters. The van der Waals surface area contributed by atoms with Crippen LogP contribution in [0.2, 0.25) is 0 Å². The van der Waals surface area contributed by atoms with E-state index in [1.54, 1.807) is 42.5 Å². The molecular weight excluding hydrogens is 598 g/mol. The number of piperidine rings is 3. The molecule has 8 nitrogen and oxygen atoms in total. The fourth-order valence-electron chi connectivity index (χ4n) is 7.19. The van der Waals surface area contributed by atoms with E-state index >= 15 is 8.78 Å². The van der Waals surface area contributed by atoms with E-state index in [0.717, 1.165) is 11.3 Å². The standard InChI is InChI=1S/C30H29BrF2N4O4/c31-17-7-9-21-20-5-1-2-6-22(20)30(41,24(21)13-17)28(40)37-19-8-10-23(29(32,33)14-19)25(37)27(39)36-18(15-34)12-16-4-3-11-35-26(16)38/h1-2,5-7,9,13,16,18-19,23,25,41H,3-4,8,10-12,14H2,(H,35,38)(H,36,39)/t16-,18-,19+,23+,25-,30-/m1/s1. The van der Waals surface area contributed by atoms with Gasteiger partial charge in [-0.1, -0.05) is 46.3 Å². The lowest BCUT2D eigenvalue weighted by molar-refractivity contribution is -0.201. The van der Waals surface area contributed by atoms with Crippen LogP contribution >= 0.6 is 15.9 Å².